The van der Waals surface area contributed by atoms with Crippen LogP contribution in [0.5, 0.6) is 0 Å². The van der Waals surface area contributed by atoms with Crippen LogP contribution < -0.4 is 16.0 Å². The lowest BCUT2D eigenvalue weighted by Crippen LogP contribution is -2.32. The maximum absolute atomic E-state index is 5.54. The van der Waals surface area contributed by atoms with Gasteiger partial charge < -0.3 is 16.0 Å². The van der Waals surface area contributed by atoms with Gasteiger partial charge in [0.05, 0.1) is 0 Å². The smallest absolute Gasteiger partial charge is 0.0364 e. The van der Waals surface area contributed by atoms with Gasteiger partial charge in [-0.15, -0.1) is 0 Å². The van der Waals surface area contributed by atoms with Crippen LogP contribution in [0.25, 0.3) is 0 Å². The largest absolute Gasteiger partial charge is 0.378 e. The summed E-state index contributed by atoms with van der Waals surface area (Å²) in [5, 5.41) is 3.37. The van der Waals surface area contributed by atoms with E-state index in [4.69, 9.17) is 5.73 Å². The van der Waals surface area contributed by atoms with Crippen molar-refractivity contribution in [1.29, 1.82) is 0 Å². The highest BCUT2D eigenvalue weighted by molar-refractivity contribution is 5.47. The summed E-state index contributed by atoms with van der Waals surface area (Å²) in [4.78, 5) is 2.11. The Bertz CT molecular complexity index is 297. The normalized spacial score (nSPS) is 12.5. The lowest BCUT2D eigenvalue weighted by molar-refractivity contribution is 0.556. The monoisotopic (exact) mass is 207 g/mol. The molecule has 3 heteroatoms. The number of nitrogens with one attached hydrogen (secondary N) is 1. The van der Waals surface area contributed by atoms with E-state index in [1.165, 1.54) is 11.3 Å². The highest BCUT2D eigenvalue weighted by Gasteiger charge is 2.00. The van der Waals surface area contributed by atoms with E-state index in [2.05, 4.69) is 55.5 Å². The number of benzene rings is 1. The molecule has 0 unspecified atom stereocenters. The van der Waals surface area contributed by atoms with E-state index in [1.807, 2.05) is 0 Å². The Morgan fingerprint density at radius 2 is 2.13 bits per heavy atom. The van der Waals surface area contributed by atoms with E-state index in [0.29, 0.717) is 12.6 Å². The summed E-state index contributed by atoms with van der Waals surface area (Å²) < 4.78 is 0. The van der Waals surface area contributed by atoms with E-state index in [9.17, 15) is 0 Å². The third kappa shape index (κ3) is 3.90. The van der Waals surface area contributed by atoms with Gasteiger partial charge in [0.1, 0.15) is 0 Å². The molecule has 3 N–H and O–H groups in total. The first kappa shape index (κ1) is 12.0. The van der Waals surface area contributed by atoms with Crippen LogP contribution >= 0.6 is 0 Å². The predicted octanol–water partition coefficient (Wildman–Crippen LogP) is 1.19. The van der Waals surface area contributed by atoms with Crippen molar-refractivity contribution in [2.45, 2.75) is 19.5 Å². The molecule has 0 saturated carbocycles. The molecule has 15 heavy (non-hydrogen) atoms. The van der Waals surface area contributed by atoms with E-state index in [-0.39, 0.29) is 0 Å². The molecule has 0 radical (unpaired) electrons. The van der Waals surface area contributed by atoms with Gasteiger partial charge >= 0.3 is 0 Å². The van der Waals surface area contributed by atoms with Crippen molar-refractivity contribution in [3.8, 4) is 0 Å². The second-order valence-electron chi connectivity index (χ2n) is 4.08. The molecular weight excluding hydrogens is 186 g/mol. The van der Waals surface area contributed by atoms with Crippen molar-refractivity contribution >= 4 is 5.69 Å². The molecule has 1 atom stereocenters. The zero-order chi connectivity index (χ0) is 11.3. The molecule has 1 aromatic rings. The Balaban J connectivity index is 2.58. The molecule has 0 amide bonds. The van der Waals surface area contributed by atoms with Gasteiger partial charge in [-0.05, 0) is 24.6 Å². The molecule has 0 bridgehead atoms. The Kier molecular flexibility index (Phi) is 4.59. The van der Waals surface area contributed by atoms with Gasteiger partial charge in [-0.3, -0.25) is 0 Å². The molecule has 0 heterocycles. The van der Waals surface area contributed by atoms with Gasteiger partial charge in [0.15, 0.2) is 0 Å². The second kappa shape index (κ2) is 5.73. The second-order valence-corrected chi connectivity index (χ2v) is 4.08. The summed E-state index contributed by atoms with van der Waals surface area (Å²) in [6.07, 6.45) is 0. The van der Waals surface area contributed by atoms with Crippen LogP contribution in [0.3, 0.4) is 0 Å². The number of hydrogen-bond donors (Lipinski definition) is 2. The van der Waals surface area contributed by atoms with Gasteiger partial charge in [0, 0.05) is 38.9 Å². The molecule has 0 saturated heterocycles. The summed E-state index contributed by atoms with van der Waals surface area (Å²) in [5.41, 5.74) is 8.07. The van der Waals surface area contributed by atoms with Gasteiger partial charge in [0.25, 0.3) is 0 Å². The van der Waals surface area contributed by atoms with Gasteiger partial charge in [-0.1, -0.05) is 12.1 Å². The van der Waals surface area contributed by atoms with Crippen molar-refractivity contribution in [3.63, 3.8) is 0 Å². The van der Waals surface area contributed by atoms with Crippen LogP contribution in [0.2, 0.25) is 0 Å². The Hall–Kier alpha value is -1.06. The first-order valence-corrected chi connectivity index (χ1v) is 5.33. The quantitative estimate of drug-likeness (QED) is 0.762. The SMILES string of the molecule is C[C@@H](CN)NCc1cccc(N(C)C)c1. The summed E-state index contributed by atoms with van der Waals surface area (Å²) >= 11 is 0. The average molecular weight is 207 g/mol. The highest BCUT2D eigenvalue weighted by Crippen LogP contribution is 2.13. The van der Waals surface area contributed by atoms with Crippen molar-refractivity contribution < 1.29 is 0 Å². The standard InChI is InChI=1S/C12H21N3/c1-10(8-13)14-9-11-5-4-6-12(7-11)15(2)3/h4-7,10,14H,8-9,13H2,1-3H3/t10-/m0/s1. The van der Waals surface area contributed by atoms with Crippen molar-refractivity contribution in [3.05, 3.63) is 29.8 Å². The average Bonchev–Trinajstić information content (AvgIpc) is 2.26. The molecular formula is C12H21N3. The number of nitrogens with two attached hydrogens (primary N) is 1. The summed E-state index contributed by atoms with van der Waals surface area (Å²) in [5.74, 6) is 0. The molecule has 0 aromatic heterocycles. The zero-order valence-electron chi connectivity index (χ0n) is 9.83. The van der Waals surface area contributed by atoms with Crippen molar-refractivity contribution in [1.82, 2.24) is 5.32 Å². The molecule has 0 aliphatic carbocycles. The van der Waals surface area contributed by atoms with E-state index in [0.717, 1.165) is 6.54 Å². The van der Waals surface area contributed by atoms with Crippen LogP contribution in [0.4, 0.5) is 5.69 Å². The Morgan fingerprint density at radius 3 is 2.73 bits per heavy atom. The fraction of sp³-hybridized carbons (Fsp3) is 0.500. The lowest BCUT2D eigenvalue weighted by Gasteiger charge is -2.15. The van der Waals surface area contributed by atoms with Gasteiger partial charge in [0.2, 0.25) is 0 Å². The van der Waals surface area contributed by atoms with Crippen molar-refractivity contribution in [2.75, 3.05) is 25.5 Å². The topological polar surface area (TPSA) is 41.3 Å². The summed E-state index contributed by atoms with van der Waals surface area (Å²) in [6, 6.07) is 8.88. The van der Waals surface area contributed by atoms with Crippen LogP contribution in [-0.2, 0) is 6.54 Å². The molecule has 0 spiro atoms. The van der Waals surface area contributed by atoms with Crippen LogP contribution in [0.15, 0.2) is 24.3 Å². The van der Waals surface area contributed by atoms with Gasteiger partial charge in [-0.2, -0.15) is 0 Å². The Morgan fingerprint density at radius 1 is 1.40 bits per heavy atom. The third-order valence-corrected chi connectivity index (χ3v) is 2.44. The van der Waals surface area contributed by atoms with E-state index >= 15 is 0 Å². The molecule has 1 rings (SSSR count). The number of hydrogen-bond acceptors (Lipinski definition) is 3. The van der Waals surface area contributed by atoms with Crippen LogP contribution in [0.1, 0.15) is 12.5 Å². The van der Waals surface area contributed by atoms with Crippen molar-refractivity contribution in [2.24, 2.45) is 5.73 Å². The molecule has 84 valence electrons. The fourth-order valence-corrected chi connectivity index (χ4v) is 1.32. The van der Waals surface area contributed by atoms with E-state index < -0.39 is 0 Å². The minimum atomic E-state index is 0.369. The van der Waals surface area contributed by atoms with Crippen LogP contribution in [-0.4, -0.2) is 26.7 Å². The maximum atomic E-state index is 5.54. The first-order chi connectivity index (χ1) is 7.13. The van der Waals surface area contributed by atoms with Gasteiger partial charge in [-0.25, -0.2) is 0 Å². The highest BCUT2D eigenvalue weighted by atomic mass is 15.1. The maximum Gasteiger partial charge on any atom is 0.0364 e. The molecule has 1 aromatic carbocycles. The lowest BCUT2D eigenvalue weighted by atomic mass is 10.2. The molecule has 0 fully saturated rings. The number of rotatable bonds is 5. The molecule has 3 nitrogen and oxygen atoms in total. The third-order valence-electron chi connectivity index (χ3n) is 2.44. The predicted molar refractivity (Wildman–Crippen MR) is 66.1 cm³/mol. The Labute approximate surface area is 92.3 Å². The summed E-state index contributed by atoms with van der Waals surface area (Å²) in [6.45, 7) is 3.64. The summed E-state index contributed by atoms with van der Waals surface area (Å²) in [7, 11) is 4.10. The zero-order valence-corrected chi connectivity index (χ0v) is 9.83. The minimum absolute atomic E-state index is 0.369. The van der Waals surface area contributed by atoms with E-state index in [1.54, 1.807) is 0 Å². The van der Waals surface area contributed by atoms with Crippen LogP contribution in [0, 0.1) is 0 Å². The molecule has 0 aliphatic heterocycles. The molecule has 0 aliphatic rings. The first-order valence-electron chi connectivity index (χ1n) is 5.33. The fourth-order valence-electron chi connectivity index (χ4n) is 1.32. The number of anilines is 1. The minimum Gasteiger partial charge on any atom is -0.378 e. The number of nitrogens with zero attached hydrogens (tertiary/aromatic N) is 1.